The molecule has 1 aliphatic heterocycles. The first-order valence-electron chi connectivity index (χ1n) is 9.73. The van der Waals surface area contributed by atoms with E-state index in [4.69, 9.17) is 4.42 Å². The maximum absolute atomic E-state index is 12.7. The number of urea groups is 1. The van der Waals surface area contributed by atoms with Crippen LogP contribution in [0.5, 0.6) is 0 Å². The summed E-state index contributed by atoms with van der Waals surface area (Å²) in [6, 6.07) is 15.3. The molecule has 4 aromatic rings. The predicted molar refractivity (Wildman–Crippen MR) is 117 cm³/mol. The van der Waals surface area contributed by atoms with Crippen LogP contribution in [0.3, 0.4) is 0 Å². The lowest BCUT2D eigenvalue weighted by atomic mass is 10.2. The maximum Gasteiger partial charge on any atom is 0.321 e. The lowest BCUT2D eigenvalue weighted by Gasteiger charge is -2.34. The number of amides is 2. The van der Waals surface area contributed by atoms with Crippen LogP contribution in [0.25, 0.3) is 22.5 Å². The summed E-state index contributed by atoms with van der Waals surface area (Å²) in [6.07, 6.45) is 0. The molecule has 9 heteroatoms. The Morgan fingerprint density at radius 2 is 1.87 bits per heavy atom. The van der Waals surface area contributed by atoms with Gasteiger partial charge in [0.05, 0.1) is 0 Å². The van der Waals surface area contributed by atoms with E-state index < -0.39 is 0 Å². The molecule has 2 aromatic carbocycles. The van der Waals surface area contributed by atoms with Crippen molar-refractivity contribution >= 4 is 39.5 Å². The summed E-state index contributed by atoms with van der Waals surface area (Å²) in [5, 5.41) is 3.84. The normalized spacial score (nSPS) is 14.3. The van der Waals surface area contributed by atoms with Gasteiger partial charge in [-0.2, -0.15) is 9.36 Å². The van der Waals surface area contributed by atoms with E-state index in [1.165, 1.54) is 11.5 Å². The number of nitrogens with one attached hydrogen (secondary N) is 1. The number of rotatable bonds is 3. The average Bonchev–Trinajstić information content (AvgIpc) is 3.40. The van der Waals surface area contributed by atoms with E-state index in [2.05, 4.69) is 24.6 Å². The van der Waals surface area contributed by atoms with Gasteiger partial charge in [0, 0.05) is 62.0 Å². The van der Waals surface area contributed by atoms with Gasteiger partial charge in [-0.25, -0.2) is 9.78 Å². The van der Waals surface area contributed by atoms with Crippen LogP contribution in [0.2, 0.25) is 0 Å². The number of oxazole rings is 1. The van der Waals surface area contributed by atoms with Gasteiger partial charge >= 0.3 is 6.03 Å². The van der Waals surface area contributed by atoms with E-state index in [1.807, 2.05) is 47.4 Å². The molecule has 0 bridgehead atoms. The largest absolute Gasteiger partial charge is 0.441 e. The van der Waals surface area contributed by atoms with Crippen LogP contribution in [0, 0.1) is 6.92 Å². The fraction of sp³-hybridized carbons (Fsp3) is 0.238. The van der Waals surface area contributed by atoms with Gasteiger partial charge < -0.3 is 19.5 Å². The number of fused-ring (bicyclic) bond motifs is 1. The van der Waals surface area contributed by atoms with Crippen LogP contribution >= 0.6 is 11.5 Å². The molecule has 1 fully saturated rings. The molecule has 1 saturated heterocycles. The molecular formula is C21H20N6O2S. The average molecular weight is 420 g/mol. The summed E-state index contributed by atoms with van der Waals surface area (Å²) in [4.78, 5) is 25.6. The fourth-order valence-electron chi connectivity index (χ4n) is 3.47. The van der Waals surface area contributed by atoms with Gasteiger partial charge in [-0.05, 0) is 12.1 Å². The minimum Gasteiger partial charge on any atom is -0.441 e. The molecule has 2 amide bonds. The summed E-state index contributed by atoms with van der Waals surface area (Å²) in [6.45, 7) is 4.48. The molecule has 1 N–H and O–H groups in total. The number of piperazine rings is 1. The third-order valence-electron chi connectivity index (χ3n) is 5.03. The molecule has 0 radical (unpaired) electrons. The Kier molecular flexibility index (Phi) is 4.80. The second-order valence-electron chi connectivity index (χ2n) is 7.09. The Morgan fingerprint density at radius 1 is 1.07 bits per heavy atom. The molecule has 2 aromatic heterocycles. The molecule has 30 heavy (non-hydrogen) atoms. The van der Waals surface area contributed by atoms with Crippen molar-refractivity contribution in [2.24, 2.45) is 0 Å². The molecule has 0 aliphatic carbocycles. The van der Waals surface area contributed by atoms with Gasteiger partial charge in [0.25, 0.3) is 0 Å². The van der Waals surface area contributed by atoms with Crippen LogP contribution < -0.4 is 10.2 Å². The van der Waals surface area contributed by atoms with E-state index in [0.717, 1.165) is 35.1 Å². The van der Waals surface area contributed by atoms with Gasteiger partial charge in [0.2, 0.25) is 5.13 Å². The molecule has 0 atom stereocenters. The monoisotopic (exact) mass is 420 g/mol. The second-order valence-corrected chi connectivity index (χ2v) is 7.82. The van der Waals surface area contributed by atoms with Crippen LogP contribution in [0.4, 0.5) is 15.6 Å². The topological polar surface area (TPSA) is 87.4 Å². The highest BCUT2D eigenvalue weighted by atomic mass is 32.1. The van der Waals surface area contributed by atoms with E-state index in [9.17, 15) is 4.79 Å². The van der Waals surface area contributed by atoms with Crippen molar-refractivity contribution in [1.29, 1.82) is 0 Å². The smallest absolute Gasteiger partial charge is 0.321 e. The van der Waals surface area contributed by atoms with Crippen LogP contribution in [0.1, 0.15) is 5.89 Å². The number of hydrogen-bond acceptors (Lipinski definition) is 7. The number of aromatic nitrogens is 3. The third kappa shape index (κ3) is 3.71. The van der Waals surface area contributed by atoms with E-state index in [0.29, 0.717) is 30.3 Å². The van der Waals surface area contributed by atoms with Crippen LogP contribution in [-0.2, 0) is 0 Å². The van der Waals surface area contributed by atoms with Crippen molar-refractivity contribution in [3.8, 4) is 11.4 Å². The summed E-state index contributed by atoms with van der Waals surface area (Å²) in [7, 11) is 0. The minimum absolute atomic E-state index is 0.118. The SMILES string of the molecule is Cc1nc2ccc(NC(=O)N3CCN(c4nc(-c5ccccc5)ns4)CC3)cc2o1. The van der Waals surface area contributed by atoms with Crippen molar-refractivity contribution in [2.45, 2.75) is 6.92 Å². The van der Waals surface area contributed by atoms with Crippen molar-refractivity contribution < 1.29 is 9.21 Å². The van der Waals surface area contributed by atoms with Gasteiger partial charge in [0.15, 0.2) is 17.3 Å². The fourth-order valence-corrected chi connectivity index (χ4v) is 4.21. The highest BCUT2D eigenvalue weighted by Crippen LogP contribution is 2.25. The number of hydrogen-bond donors (Lipinski definition) is 1. The number of nitrogens with zero attached hydrogens (tertiary/aromatic N) is 5. The van der Waals surface area contributed by atoms with Gasteiger partial charge in [0.1, 0.15) is 5.52 Å². The highest BCUT2D eigenvalue weighted by Gasteiger charge is 2.23. The molecule has 0 spiro atoms. The van der Waals surface area contributed by atoms with E-state index in [-0.39, 0.29) is 6.03 Å². The molecule has 8 nitrogen and oxygen atoms in total. The first kappa shape index (κ1) is 18.6. The Morgan fingerprint density at radius 3 is 2.67 bits per heavy atom. The number of aryl methyl sites for hydroxylation is 1. The Labute approximate surface area is 177 Å². The summed E-state index contributed by atoms with van der Waals surface area (Å²) in [5.41, 5.74) is 3.16. The third-order valence-corrected chi connectivity index (χ3v) is 5.81. The summed E-state index contributed by atoms with van der Waals surface area (Å²) < 4.78 is 10.0. The van der Waals surface area contributed by atoms with Gasteiger partial charge in [-0.3, -0.25) is 0 Å². The maximum atomic E-state index is 12.7. The highest BCUT2D eigenvalue weighted by molar-refractivity contribution is 7.09. The Bertz CT molecular complexity index is 1180. The van der Waals surface area contributed by atoms with Crippen LogP contribution in [0.15, 0.2) is 52.9 Å². The Hall–Kier alpha value is -3.46. The number of carbonyl (C=O) groups excluding carboxylic acids is 1. The number of anilines is 2. The molecule has 0 unspecified atom stereocenters. The predicted octanol–water partition coefficient (Wildman–Crippen LogP) is 4.01. The van der Waals surface area contributed by atoms with Crippen LogP contribution in [-0.4, -0.2) is 51.5 Å². The molecule has 5 rings (SSSR count). The number of carbonyl (C=O) groups is 1. The zero-order valence-corrected chi connectivity index (χ0v) is 17.2. The Balaban J connectivity index is 1.20. The van der Waals surface area contributed by atoms with Gasteiger partial charge in [-0.1, -0.05) is 30.3 Å². The van der Waals surface area contributed by atoms with Crippen molar-refractivity contribution in [3.05, 3.63) is 54.4 Å². The first-order valence-corrected chi connectivity index (χ1v) is 10.5. The zero-order valence-electron chi connectivity index (χ0n) is 16.4. The quantitative estimate of drug-likeness (QED) is 0.539. The number of benzene rings is 2. The standard InChI is InChI=1S/C21H20N6O2S/c1-14-22-17-8-7-16(13-18(17)29-14)23-20(28)26-9-11-27(12-10-26)21-24-19(25-30-21)15-5-3-2-4-6-15/h2-8,13H,9-12H2,1H3,(H,23,28). The lowest BCUT2D eigenvalue weighted by molar-refractivity contribution is 0.208. The second kappa shape index (κ2) is 7.75. The first-order chi connectivity index (χ1) is 14.7. The molecule has 1 aliphatic rings. The summed E-state index contributed by atoms with van der Waals surface area (Å²) in [5.74, 6) is 1.35. The molecular weight excluding hydrogens is 400 g/mol. The van der Waals surface area contributed by atoms with Crippen molar-refractivity contribution in [3.63, 3.8) is 0 Å². The van der Waals surface area contributed by atoms with Gasteiger partial charge in [-0.15, -0.1) is 0 Å². The van der Waals surface area contributed by atoms with Crippen molar-refractivity contribution in [1.82, 2.24) is 19.2 Å². The van der Waals surface area contributed by atoms with E-state index >= 15 is 0 Å². The van der Waals surface area contributed by atoms with E-state index in [1.54, 1.807) is 13.0 Å². The molecule has 0 saturated carbocycles. The van der Waals surface area contributed by atoms with Crippen molar-refractivity contribution in [2.75, 3.05) is 36.4 Å². The lowest BCUT2D eigenvalue weighted by Crippen LogP contribution is -2.50. The minimum atomic E-state index is -0.118. The zero-order chi connectivity index (χ0) is 20.5. The summed E-state index contributed by atoms with van der Waals surface area (Å²) >= 11 is 1.40. The molecule has 3 heterocycles. The molecule has 152 valence electrons.